The van der Waals surface area contributed by atoms with Crippen molar-refractivity contribution < 1.29 is 8.81 Å². The molecule has 2 rings (SSSR count). The predicted molar refractivity (Wildman–Crippen MR) is 75.9 cm³/mol. The van der Waals surface area contributed by atoms with Crippen LogP contribution in [0, 0.1) is 12.7 Å². The molecule has 4 nitrogen and oxygen atoms in total. The smallest absolute Gasteiger partial charge is 0.247 e. The molecule has 0 saturated heterocycles. The normalized spacial score (nSPS) is 10.9. The first-order valence-electron chi connectivity index (χ1n) is 6.99. The number of aromatic nitrogens is 2. The molecular formula is C15H20FN3O. The fraction of sp³-hybridized carbons (Fsp3) is 0.467. The number of aryl methyl sites for hydroxylation is 2. The van der Waals surface area contributed by atoms with Crippen LogP contribution in [0.5, 0.6) is 0 Å². The summed E-state index contributed by atoms with van der Waals surface area (Å²) in [7, 11) is 0. The maximum absolute atomic E-state index is 13.3. The van der Waals surface area contributed by atoms with Crippen molar-refractivity contribution in [2.75, 3.05) is 13.1 Å². The van der Waals surface area contributed by atoms with E-state index in [2.05, 4.69) is 22.4 Å². The molecule has 0 atom stereocenters. The number of hydrogen-bond acceptors (Lipinski definition) is 4. The first kappa shape index (κ1) is 14.7. The van der Waals surface area contributed by atoms with Gasteiger partial charge in [-0.3, -0.25) is 0 Å². The predicted octanol–water partition coefficient (Wildman–Crippen LogP) is 3.12. The highest BCUT2D eigenvalue weighted by atomic mass is 19.1. The second kappa shape index (κ2) is 7.14. The zero-order valence-electron chi connectivity index (χ0n) is 11.9. The standard InChI is InChI=1S/C15H20FN3O/c1-3-6-17-7-4-5-14-18-19-15(20-14)12-8-11(2)9-13(16)10-12/h8-10,17H,3-7H2,1-2H3. The molecule has 0 bridgehead atoms. The Bertz CT molecular complexity index is 534. The van der Waals surface area contributed by atoms with Crippen molar-refractivity contribution in [1.82, 2.24) is 15.5 Å². The fourth-order valence-corrected chi connectivity index (χ4v) is 2.00. The van der Waals surface area contributed by atoms with Crippen LogP contribution in [0.15, 0.2) is 22.6 Å². The second-order valence-corrected chi connectivity index (χ2v) is 4.87. The molecule has 0 radical (unpaired) electrons. The number of benzene rings is 1. The van der Waals surface area contributed by atoms with Gasteiger partial charge in [0.25, 0.3) is 0 Å². The van der Waals surface area contributed by atoms with Gasteiger partial charge in [0.15, 0.2) is 0 Å². The van der Waals surface area contributed by atoms with Gasteiger partial charge in [0, 0.05) is 12.0 Å². The highest BCUT2D eigenvalue weighted by Gasteiger charge is 2.09. The summed E-state index contributed by atoms with van der Waals surface area (Å²) in [5.41, 5.74) is 1.47. The van der Waals surface area contributed by atoms with Crippen LogP contribution in [0.4, 0.5) is 4.39 Å². The monoisotopic (exact) mass is 277 g/mol. The second-order valence-electron chi connectivity index (χ2n) is 4.87. The summed E-state index contributed by atoms with van der Waals surface area (Å²) >= 11 is 0. The van der Waals surface area contributed by atoms with Gasteiger partial charge in [-0.2, -0.15) is 0 Å². The van der Waals surface area contributed by atoms with Crippen LogP contribution in [0.3, 0.4) is 0 Å². The third-order valence-corrected chi connectivity index (χ3v) is 2.93. The van der Waals surface area contributed by atoms with Gasteiger partial charge in [-0.15, -0.1) is 10.2 Å². The molecule has 0 aliphatic rings. The Morgan fingerprint density at radius 2 is 2.05 bits per heavy atom. The Balaban J connectivity index is 1.94. The van der Waals surface area contributed by atoms with E-state index in [1.807, 2.05) is 13.0 Å². The lowest BCUT2D eigenvalue weighted by atomic mass is 10.1. The van der Waals surface area contributed by atoms with Crippen LogP contribution >= 0.6 is 0 Å². The summed E-state index contributed by atoms with van der Waals surface area (Å²) in [6.07, 6.45) is 2.81. The average molecular weight is 277 g/mol. The van der Waals surface area contributed by atoms with Crippen LogP contribution in [0.25, 0.3) is 11.5 Å². The zero-order valence-corrected chi connectivity index (χ0v) is 11.9. The van der Waals surface area contributed by atoms with Crippen molar-refractivity contribution in [3.8, 4) is 11.5 Å². The van der Waals surface area contributed by atoms with E-state index in [4.69, 9.17) is 4.42 Å². The van der Waals surface area contributed by atoms with Gasteiger partial charge in [0.05, 0.1) is 0 Å². The van der Waals surface area contributed by atoms with E-state index in [0.29, 0.717) is 17.3 Å². The van der Waals surface area contributed by atoms with Crippen LogP contribution in [-0.2, 0) is 6.42 Å². The van der Waals surface area contributed by atoms with E-state index >= 15 is 0 Å². The summed E-state index contributed by atoms with van der Waals surface area (Å²) < 4.78 is 18.9. The molecule has 0 spiro atoms. The van der Waals surface area contributed by atoms with Crippen molar-refractivity contribution in [3.05, 3.63) is 35.5 Å². The Kier molecular flexibility index (Phi) is 5.24. The molecule has 0 fully saturated rings. The molecule has 0 aliphatic heterocycles. The number of nitrogens with one attached hydrogen (secondary N) is 1. The minimum atomic E-state index is -0.288. The minimum absolute atomic E-state index is 0.288. The molecule has 0 saturated carbocycles. The van der Waals surface area contributed by atoms with Gasteiger partial charge in [0.1, 0.15) is 5.82 Å². The van der Waals surface area contributed by atoms with Crippen molar-refractivity contribution >= 4 is 0 Å². The molecule has 1 N–H and O–H groups in total. The Morgan fingerprint density at radius 1 is 1.20 bits per heavy atom. The third-order valence-electron chi connectivity index (χ3n) is 2.93. The lowest BCUT2D eigenvalue weighted by Gasteiger charge is -2.00. The molecular weight excluding hydrogens is 257 g/mol. The Hall–Kier alpha value is -1.75. The molecule has 5 heteroatoms. The first-order chi connectivity index (χ1) is 9.69. The molecule has 1 heterocycles. The molecule has 0 unspecified atom stereocenters. The Morgan fingerprint density at radius 3 is 2.80 bits per heavy atom. The zero-order chi connectivity index (χ0) is 14.4. The highest BCUT2D eigenvalue weighted by molar-refractivity contribution is 5.53. The maximum atomic E-state index is 13.3. The summed E-state index contributed by atoms with van der Waals surface area (Å²) in [5.74, 6) is 0.688. The maximum Gasteiger partial charge on any atom is 0.247 e. The molecule has 1 aromatic carbocycles. The van der Waals surface area contributed by atoms with Crippen LogP contribution in [0.1, 0.15) is 31.2 Å². The highest BCUT2D eigenvalue weighted by Crippen LogP contribution is 2.20. The lowest BCUT2D eigenvalue weighted by Crippen LogP contribution is -2.16. The van der Waals surface area contributed by atoms with E-state index in [1.165, 1.54) is 12.1 Å². The summed E-state index contributed by atoms with van der Waals surface area (Å²) in [6, 6.07) is 4.72. The van der Waals surface area contributed by atoms with Crippen LogP contribution in [0.2, 0.25) is 0 Å². The first-order valence-corrected chi connectivity index (χ1v) is 6.99. The topological polar surface area (TPSA) is 51.0 Å². The van der Waals surface area contributed by atoms with Gasteiger partial charge in [-0.25, -0.2) is 4.39 Å². The molecule has 108 valence electrons. The van der Waals surface area contributed by atoms with Gasteiger partial charge in [-0.1, -0.05) is 6.92 Å². The van der Waals surface area contributed by atoms with Gasteiger partial charge < -0.3 is 9.73 Å². The summed E-state index contributed by atoms with van der Waals surface area (Å²) in [5, 5.41) is 11.3. The lowest BCUT2D eigenvalue weighted by molar-refractivity contribution is 0.490. The van der Waals surface area contributed by atoms with E-state index in [9.17, 15) is 4.39 Å². The largest absolute Gasteiger partial charge is 0.421 e. The van der Waals surface area contributed by atoms with E-state index in [1.54, 1.807) is 0 Å². The molecule has 2 aromatic rings. The average Bonchev–Trinajstić information content (AvgIpc) is 2.86. The Labute approximate surface area is 118 Å². The van der Waals surface area contributed by atoms with E-state index in [-0.39, 0.29) is 5.82 Å². The van der Waals surface area contributed by atoms with Crippen LogP contribution in [-0.4, -0.2) is 23.3 Å². The molecule has 20 heavy (non-hydrogen) atoms. The number of hydrogen-bond donors (Lipinski definition) is 1. The molecule has 0 aliphatic carbocycles. The number of halogens is 1. The van der Waals surface area contributed by atoms with Gasteiger partial charge in [0.2, 0.25) is 11.8 Å². The molecule has 1 aromatic heterocycles. The molecule has 0 amide bonds. The fourth-order valence-electron chi connectivity index (χ4n) is 2.00. The van der Waals surface area contributed by atoms with Crippen molar-refractivity contribution in [3.63, 3.8) is 0 Å². The van der Waals surface area contributed by atoms with Gasteiger partial charge in [-0.05, 0) is 56.6 Å². The van der Waals surface area contributed by atoms with Crippen molar-refractivity contribution in [1.29, 1.82) is 0 Å². The quantitative estimate of drug-likeness (QED) is 0.790. The summed E-state index contributed by atoms with van der Waals surface area (Å²) in [6.45, 7) is 5.93. The van der Waals surface area contributed by atoms with E-state index < -0.39 is 0 Å². The van der Waals surface area contributed by atoms with Crippen molar-refractivity contribution in [2.45, 2.75) is 33.1 Å². The van der Waals surface area contributed by atoms with Crippen molar-refractivity contribution in [2.24, 2.45) is 0 Å². The minimum Gasteiger partial charge on any atom is -0.421 e. The SMILES string of the molecule is CCCNCCCc1nnc(-c2cc(C)cc(F)c2)o1. The van der Waals surface area contributed by atoms with E-state index in [0.717, 1.165) is 37.9 Å². The van der Waals surface area contributed by atoms with Crippen LogP contribution < -0.4 is 5.32 Å². The number of nitrogens with zero attached hydrogens (tertiary/aromatic N) is 2. The number of rotatable bonds is 7. The van der Waals surface area contributed by atoms with Gasteiger partial charge >= 0.3 is 0 Å². The third kappa shape index (κ3) is 4.13. The summed E-state index contributed by atoms with van der Waals surface area (Å²) in [4.78, 5) is 0.